The summed E-state index contributed by atoms with van der Waals surface area (Å²) in [5.74, 6) is -2.03. The molecule has 2 aliphatic heterocycles. The van der Waals surface area contributed by atoms with Gasteiger partial charge in [0.1, 0.15) is 98.7 Å². The van der Waals surface area contributed by atoms with E-state index in [0.717, 1.165) is 89.9 Å². The van der Waals surface area contributed by atoms with Crippen molar-refractivity contribution in [3.8, 4) is 0 Å². The van der Waals surface area contributed by atoms with E-state index in [1.54, 1.807) is 0 Å². The third kappa shape index (κ3) is 34.7. The Morgan fingerprint density at radius 2 is 0.753 bits per heavy atom. The Morgan fingerprint density at radius 3 is 1.17 bits per heavy atom. The molecule has 1 aliphatic carbocycles. The number of phosphoric acid groups is 1. The molecule has 0 bridgehead atoms. The summed E-state index contributed by atoms with van der Waals surface area (Å²) in [5, 5.41) is 110. The number of unbranched alkanes of at least 4 members (excludes halogenated alkanes) is 29. The highest BCUT2D eigenvalue weighted by molar-refractivity contribution is 7.47. The van der Waals surface area contributed by atoms with Gasteiger partial charge >= 0.3 is 25.7 Å². The fourth-order valence-electron chi connectivity index (χ4n) is 11.6. The molecule has 11 N–H and O–H groups in total. The number of esters is 3. The maximum atomic E-state index is 14.3. The van der Waals surface area contributed by atoms with E-state index in [1.807, 2.05) is 0 Å². The molecule has 2 heterocycles. The number of phosphoric ester groups is 1. The normalized spacial score (nSPS) is 28.6. The zero-order chi connectivity index (χ0) is 68.2. The highest BCUT2D eigenvalue weighted by atomic mass is 31.2. The molecule has 25 heteroatoms. The molecule has 0 aromatic carbocycles. The standard InChI is InChI=1S/C68H123O24P/c1-4-7-10-13-16-19-22-24-26-28-31-33-36-39-42-52(70)84-46-49(87-54(72)44-41-38-35-32-29-25-23-20-17-14-11-8-5-2)47-86-93(82,83)92-66-64(90-67-62(80)57(75)55(73)50(45-69)88-67)60(78)59(77)61(79)65(66)91-68-63(81)58(76)56(74)51(89-68)48-85-53(71)43-40-37-34-30-27-21-18-15-12-9-6-3/h25-26,28-29,49-51,55-69,73-81H,4-24,27,30-48H2,1-3H3,(H,82,83)/b28-26-,29-25-. The van der Waals surface area contributed by atoms with Gasteiger partial charge in [0.2, 0.25) is 0 Å². The summed E-state index contributed by atoms with van der Waals surface area (Å²) in [6.45, 7) is 3.36. The highest BCUT2D eigenvalue weighted by Crippen LogP contribution is 2.49. The molecule has 3 rings (SSSR count). The van der Waals surface area contributed by atoms with E-state index in [1.165, 1.54) is 103 Å². The molecule has 18 atom stereocenters. The lowest BCUT2D eigenvalue weighted by Crippen LogP contribution is -2.69. The van der Waals surface area contributed by atoms with Crippen LogP contribution >= 0.6 is 7.82 Å². The molecule has 0 radical (unpaired) electrons. The van der Waals surface area contributed by atoms with Crippen LogP contribution in [0.15, 0.2) is 24.3 Å². The van der Waals surface area contributed by atoms with E-state index in [9.17, 15) is 74.9 Å². The van der Waals surface area contributed by atoms with Crippen LogP contribution < -0.4 is 0 Å². The first-order chi connectivity index (χ1) is 44.8. The van der Waals surface area contributed by atoms with Gasteiger partial charge in [-0.25, -0.2) is 4.57 Å². The van der Waals surface area contributed by atoms with Crippen molar-refractivity contribution in [1.82, 2.24) is 0 Å². The Bertz CT molecular complexity index is 2040. The number of carbonyl (C=O) groups excluding carboxylic acids is 3. The highest BCUT2D eigenvalue weighted by Gasteiger charge is 2.58. The molecule has 3 aliphatic rings. The third-order valence-electron chi connectivity index (χ3n) is 17.5. The van der Waals surface area contributed by atoms with Crippen LogP contribution in [-0.4, -0.2) is 204 Å². The molecular weight excluding hydrogens is 1230 g/mol. The monoisotopic (exact) mass is 1350 g/mol. The average molecular weight is 1360 g/mol. The number of hydrogen-bond acceptors (Lipinski definition) is 23. The lowest BCUT2D eigenvalue weighted by molar-refractivity contribution is -0.360. The molecular formula is C68H123O24P. The van der Waals surface area contributed by atoms with Crippen molar-refractivity contribution in [2.24, 2.45) is 0 Å². The Kier molecular flexibility index (Phi) is 46.2. The molecule has 544 valence electrons. The third-order valence-corrected chi connectivity index (χ3v) is 18.4. The Labute approximate surface area is 554 Å². The number of rotatable bonds is 54. The van der Waals surface area contributed by atoms with Crippen molar-refractivity contribution >= 4 is 25.7 Å². The van der Waals surface area contributed by atoms with E-state index in [4.69, 9.17) is 42.2 Å². The second-order valence-corrected chi connectivity index (χ2v) is 27.0. The van der Waals surface area contributed by atoms with E-state index in [2.05, 4.69) is 45.1 Å². The molecule has 3 fully saturated rings. The Morgan fingerprint density at radius 1 is 0.409 bits per heavy atom. The smallest absolute Gasteiger partial charge is 0.463 e. The summed E-state index contributed by atoms with van der Waals surface area (Å²) >= 11 is 0. The van der Waals surface area contributed by atoms with Gasteiger partial charge < -0.3 is 89.1 Å². The summed E-state index contributed by atoms with van der Waals surface area (Å²) in [5.41, 5.74) is 0. The maximum Gasteiger partial charge on any atom is 0.472 e. The van der Waals surface area contributed by atoms with Crippen molar-refractivity contribution in [2.75, 3.05) is 26.4 Å². The van der Waals surface area contributed by atoms with Crippen LogP contribution in [0.3, 0.4) is 0 Å². The van der Waals surface area contributed by atoms with Crippen molar-refractivity contribution in [3.05, 3.63) is 24.3 Å². The topological polar surface area (TPSA) is 374 Å². The van der Waals surface area contributed by atoms with Gasteiger partial charge in [-0.3, -0.25) is 23.4 Å². The van der Waals surface area contributed by atoms with E-state index in [0.29, 0.717) is 25.7 Å². The fourth-order valence-corrected chi connectivity index (χ4v) is 12.5. The zero-order valence-corrected chi connectivity index (χ0v) is 57.2. The van der Waals surface area contributed by atoms with E-state index < -0.39 is 156 Å². The lowest BCUT2D eigenvalue weighted by atomic mass is 9.84. The second-order valence-electron chi connectivity index (χ2n) is 25.6. The quantitative estimate of drug-likeness (QED) is 0.00892. The van der Waals surface area contributed by atoms with Crippen LogP contribution in [0, 0.1) is 0 Å². The summed E-state index contributed by atoms with van der Waals surface area (Å²) in [6.07, 6.45) is 8.57. The molecule has 2 saturated heterocycles. The molecule has 1 saturated carbocycles. The van der Waals surface area contributed by atoms with Crippen LogP contribution in [0.25, 0.3) is 0 Å². The van der Waals surface area contributed by atoms with Crippen molar-refractivity contribution < 1.29 is 117 Å². The van der Waals surface area contributed by atoms with Gasteiger partial charge in [0, 0.05) is 19.3 Å². The Hall–Kier alpha value is -2.56. The Balaban J connectivity index is 1.77. The zero-order valence-electron chi connectivity index (χ0n) is 56.3. The fraction of sp³-hybridized carbons (Fsp3) is 0.897. The first kappa shape index (κ1) is 84.7. The number of aliphatic hydroxyl groups is 10. The van der Waals surface area contributed by atoms with Crippen molar-refractivity contribution in [1.29, 1.82) is 0 Å². The van der Waals surface area contributed by atoms with Gasteiger partial charge in [-0.05, 0) is 70.6 Å². The molecule has 24 nitrogen and oxygen atoms in total. The van der Waals surface area contributed by atoms with E-state index in [-0.39, 0.29) is 19.3 Å². The van der Waals surface area contributed by atoms with Gasteiger partial charge in [-0.2, -0.15) is 0 Å². The molecule has 0 aromatic rings. The van der Waals surface area contributed by atoms with Gasteiger partial charge in [0.15, 0.2) is 18.7 Å². The minimum atomic E-state index is -5.70. The minimum Gasteiger partial charge on any atom is -0.463 e. The summed E-state index contributed by atoms with van der Waals surface area (Å²) < 4.78 is 64.8. The van der Waals surface area contributed by atoms with Gasteiger partial charge in [0.05, 0.1) is 13.2 Å². The summed E-state index contributed by atoms with van der Waals surface area (Å²) in [7, 11) is -5.70. The van der Waals surface area contributed by atoms with Gasteiger partial charge in [0.25, 0.3) is 0 Å². The minimum absolute atomic E-state index is 0.0223. The van der Waals surface area contributed by atoms with Gasteiger partial charge in [-0.1, -0.05) is 193 Å². The number of allylic oxidation sites excluding steroid dienone is 4. The van der Waals surface area contributed by atoms with Crippen molar-refractivity contribution in [3.63, 3.8) is 0 Å². The van der Waals surface area contributed by atoms with Crippen LogP contribution in [0.4, 0.5) is 0 Å². The number of carbonyl (C=O) groups is 3. The molecule has 0 aromatic heterocycles. The lowest BCUT2D eigenvalue weighted by Gasteiger charge is -2.49. The van der Waals surface area contributed by atoms with Crippen molar-refractivity contribution in [2.45, 2.75) is 362 Å². The first-order valence-corrected chi connectivity index (χ1v) is 37.1. The largest absolute Gasteiger partial charge is 0.472 e. The van der Waals surface area contributed by atoms with Crippen LogP contribution in [-0.2, 0) is 61.2 Å². The SMILES string of the molecule is CCCCCCCC/C=C\CCCCCC(=O)OC(COC(=O)CCCCC/C=C\CCCCCCCCC)COP(=O)(O)OC1C(OC2OC(CO)C(O)C(O)C2O)C(O)C(O)C(O)C1OC1OC(COC(=O)CCCCCCCCCCCCC)C(O)C(O)C1O. The van der Waals surface area contributed by atoms with Crippen LogP contribution in [0.2, 0.25) is 0 Å². The number of aliphatic hydroxyl groups excluding tert-OH is 10. The average Bonchev–Trinajstić information content (AvgIpc) is 0.770. The molecule has 0 amide bonds. The van der Waals surface area contributed by atoms with Crippen LogP contribution in [0.1, 0.15) is 258 Å². The number of ether oxygens (including phenoxy) is 7. The summed E-state index contributed by atoms with van der Waals surface area (Å²) in [6, 6.07) is 0. The second kappa shape index (κ2) is 50.7. The van der Waals surface area contributed by atoms with E-state index >= 15 is 0 Å². The maximum absolute atomic E-state index is 14.3. The van der Waals surface area contributed by atoms with Crippen LogP contribution in [0.5, 0.6) is 0 Å². The predicted octanol–water partition coefficient (Wildman–Crippen LogP) is 8.57. The first-order valence-electron chi connectivity index (χ1n) is 35.6. The summed E-state index contributed by atoms with van der Waals surface area (Å²) in [4.78, 5) is 50.8. The molecule has 93 heavy (non-hydrogen) atoms. The van der Waals surface area contributed by atoms with Gasteiger partial charge in [-0.15, -0.1) is 0 Å². The number of hydrogen-bond donors (Lipinski definition) is 11. The molecule has 18 unspecified atom stereocenters. The molecule has 0 spiro atoms. The predicted molar refractivity (Wildman–Crippen MR) is 347 cm³/mol.